The van der Waals surface area contributed by atoms with Gasteiger partial charge < -0.3 is 20.6 Å². The van der Waals surface area contributed by atoms with Gasteiger partial charge in [-0.05, 0) is 37.1 Å². The lowest BCUT2D eigenvalue weighted by Crippen LogP contribution is -2.27. The summed E-state index contributed by atoms with van der Waals surface area (Å²) >= 11 is 0. The van der Waals surface area contributed by atoms with Gasteiger partial charge in [0, 0.05) is 31.7 Å². The molecular formula is C18H20N6O5. The first-order valence-corrected chi connectivity index (χ1v) is 9.07. The topological polar surface area (TPSA) is 151 Å². The zero-order valence-electron chi connectivity index (χ0n) is 15.5. The Balaban J connectivity index is 1.64. The molecule has 0 spiro atoms. The minimum absolute atomic E-state index is 0.0717. The maximum Gasteiger partial charge on any atom is 0.335 e. The number of carboxylic acids is 1. The number of nitrogens with zero attached hydrogens (tertiary/aromatic N) is 4. The van der Waals surface area contributed by atoms with Crippen LogP contribution in [0, 0.1) is 10.1 Å². The van der Waals surface area contributed by atoms with E-state index in [0.29, 0.717) is 31.6 Å². The van der Waals surface area contributed by atoms with Crippen molar-refractivity contribution in [3.63, 3.8) is 0 Å². The van der Waals surface area contributed by atoms with E-state index in [-0.39, 0.29) is 28.9 Å². The number of nitrogens with one attached hydrogen (secondary N) is 2. The lowest BCUT2D eigenvalue weighted by Gasteiger charge is -2.15. The van der Waals surface area contributed by atoms with Crippen molar-refractivity contribution in [2.75, 3.05) is 30.3 Å². The van der Waals surface area contributed by atoms with Gasteiger partial charge in [0.1, 0.15) is 6.20 Å². The number of likely N-dealkylation sites (tertiary alicyclic amines) is 1. The number of benzene rings is 1. The number of aromatic carboxylic acids is 1. The van der Waals surface area contributed by atoms with Crippen LogP contribution in [0.1, 0.15) is 29.6 Å². The Kier molecular flexibility index (Phi) is 6.17. The fourth-order valence-electron chi connectivity index (χ4n) is 2.94. The van der Waals surface area contributed by atoms with Crippen molar-refractivity contribution in [3.05, 3.63) is 46.1 Å². The predicted molar refractivity (Wildman–Crippen MR) is 104 cm³/mol. The third-order valence-corrected chi connectivity index (χ3v) is 4.42. The lowest BCUT2D eigenvalue weighted by atomic mass is 10.2. The Morgan fingerprint density at radius 1 is 1.31 bits per heavy atom. The standard InChI is InChI=1S/C18H20N6O5/c25-15-3-1-9-23(15)10-2-8-19-16-14(24(28)29)11-20-18(22-16)21-13-6-4-12(5-7-13)17(26)27/h4-7,11H,1-3,8-10H2,(H,26,27)(H2,19,20,21,22). The van der Waals surface area contributed by atoms with Crippen LogP contribution >= 0.6 is 0 Å². The first kappa shape index (κ1) is 20.0. The van der Waals surface area contributed by atoms with Crippen LogP contribution in [-0.4, -0.2) is 56.4 Å². The minimum Gasteiger partial charge on any atom is -0.478 e. The fourth-order valence-corrected chi connectivity index (χ4v) is 2.94. The summed E-state index contributed by atoms with van der Waals surface area (Å²) in [5.74, 6) is -0.693. The summed E-state index contributed by atoms with van der Waals surface area (Å²) < 4.78 is 0. The molecule has 0 aliphatic carbocycles. The van der Waals surface area contributed by atoms with Crippen LogP contribution < -0.4 is 10.6 Å². The van der Waals surface area contributed by atoms with Gasteiger partial charge in [-0.1, -0.05) is 0 Å². The van der Waals surface area contributed by atoms with Crippen molar-refractivity contribution in [3.8, 4) is 0 Å². The van der Waals surface area contributed by atoms with Gasteiger partial charge in [-0.25, -0.2) is 9.78 Å². The average Bonchev–Trinajstić information content (AvgIpc) is 3.10. The quantitative estimate of drug-likeness (QED) is 0.327. The second-order valence-corrected chi connectivity index (χ2v) is 6.46. The number of anilines is 3. The van der Waals surface area contributed by atoms with E-state index in [1.165, 1.54) is 12.1 Å². The second-order valence-electron chi connectivity index (χ2n) is 6.46. The molecule has 0 atom stereocenters. The highest BCUT2D eigenvalue weighted by atomic mass is 16.6. The lowest BCUT2D eigenvalue weighted by molar-refractivity contribution is -0.384. The van der Waals surface area contributed by atoms with Gasteiger partial charge in [0.25, 0.3) is 0 Å². The van der Waals surface area contributed by atoms with Gasteiger partial charge in [0.2, 0.25) is 17.7 Å². The van der Waals surface area contributed by atoms with Gasteiger partial charge >= 0.3 is 11.7 Å². The summed E-state index contributed by atoms with van der Waals surface area (Å²) in [7, 11) is 0. The van der Waals surface area contributed by atoms with Gasteiger partial charge in [-0.15, -0.1) is 0 Å². The highest BCUT2D eigenvalue weighted by Crippen LogP contribution is 2.23. The molecule has 1 saturated heterocycles. The molecule has 0 bridgehead atoms. The molecule has 1 amide bonds. The van der Waals surface area contributed by atoms with E-state index in [4.69, 9.17) is 5.11 Å². The highest BCUT2D eigenvalue weighted by Gasteiger charge is 2.20. The van der Waals surface area contributed by atoms with Gasteiger partial charge in [-0.2, -0.15) is 4.98 Å². The molecule has 1 fully saturated rings. The van der Waals surface area contributed by atoms with Crippen molar-refractivity contribution in [2.45, 2.75) is 19.3 Å². The number of nitro groups is 1. The average molecular weight is 400 g/mol. The maximum atomic E-state index is 11.6. The van der Waals surface area contributed by atoms with Crippen molar-refractivity contribution in [1.82, 2.24) is 14.9 Å². The number of amides is 1. The zero-order chi connectivity index (χ0) is 20.8. The van der Waals surface area contributed by atoms with Crippen LogP contribution in [0.25, 0.3) is 0 Å². The molecule has 11 heteroatoms. The SMILES string of the molecule is O=C(O)c1ccc(Nc2ncc([N+](=O)[O-])c(NCCCN3CCCC3=O)n2)cc1. The van der Waals surface area contributed by atoms with Crippen LogP contribution in [0.5, 0.6) is 0 Å². The molecule has 0 unspecified atom stereocenters. The molecule has 1 aliphatic rings. The molecule has 11 nitrogen and oxygen atoms in total. The number of rotatable bonds is 9. The monoisotopic (exact) mass is 400 g/mol. The highest BCUT2D eigenvalue weighted by molar-refractivity contribution is 5.88. The molecule has 0 radical (unpaired) electrons. The Hall–Kier alpha value is -3.76. The van der Waals surface area contributed by atoms with Gasteiger partial charge in [0.05, 0.1) is 10.5 Å². The van der Waals surface area contributed by atoms with E-state index in [1.54, 1.807) is 17.0 Å². The molecule has 1 aromatic heterocycles. The van der Waals surface area contributed by atoms with E-state index >= 15 is 0 Å². The maximum absolute atomic E-state index is 11.6. The van der Waals surface area contributed by atoms with E-state index < -0.39 is 10.9 Å². The largest absolute Gasteiger partial charge is 0.478 e. The van der Waals surface area contributed by atoms with E-state index in [2.05, 4.69) is 20.6 Å². The third kappa shape index (κ3) is 5.15. The summed E-state index contributed by atoms with van der Waals surface area (Å²) in [4.78, 5) is 43.1. The normalized spacial score (nSPS) is 13.4. The fraction of sp³-hybridized carbons (Fsp3) is 0.333. The summed E-state index contributed by atoms with van der Waals surface area (Å²) in [5.41, 5.74) is 0.426. The molecular weight excluding hydrogens is 380 g/mol. The first-order valence-electron chi connectivity index (χ1n) is 9.07. The Labute approximate surface area is 165 Å². The molecule has 2 aromatic rings. The first-order chi connectivity index (χ1) is 13.9. The number of aromatic nitrogens is 2. The number of carboxylic acid groups (broad SMARTS) is 1. The van der Waals surface area contributed by atoms with E-state index in [9.17, 15) is 19.7 Å². The third-order valence-electron chi connectivity index (χ3n) is 4.42. The molecule has 29 heavy (non-hydrogen) atoms. The van der Waals surface area contributed by atoms with Crippen molar-refractivity contribution >= 4 is 35.0 Å². The van der Waals surface area contributed by atoms with Gasteiger partial charge in [0.15, 0.2) is 0 Å². The van der Waals surface area contributed by atoms with Crippen LogP contribution in [-0.2, 0) is 4.79 Å². The smallest absolute Gasteiger partial charge is 0.335 e. The summed E-state index contributed by atoms with van der Waals surface area (Å²) in [5, 5.41) is 26.0. The second kappa shape index (κ2) is 8.95. The molecule has 1 aliphatic heterocycles. The number of carbonyl (C=O) groups excluding carboxylic acids is 1. The van der Waals surface area contributed by atoms with Crippen LogP contribution in [0.3, 0.4) is 0 Å². The van der Waals surface area contributed by atoms with E-state index in [0.717, 1.165) is 19.2 Å². The molecule has 3 rings (SSSR count). The summed E-state index contributed by atoms with van der Waals surface area (Å²) in [6.45, 7) is 1.75. The molecule has 0 saturated carbocycles. The Bertz CT molecular complexity index is 917. The molecule has 2 heterocycles. The van der Waals surface area contributed by atoms with Crippen LogP contribution in [0.4, 0.5) is 23.1 Å². The minimum atomic E-state index is -1.04. The van der Waals surface area contributed by atoms with E-state index in [1.807, 2.05) is 0 Å². The zero-order valence-corrected chi connectivity index (χ0v) is 15.5. The van der Waals surface area contributed by atoms with Crippen LogP contribution in [0.2, 0.25) is 0 Å². The number of hydrogen-bond acceptors (Lipinski definition) is 8. The summed E-state index contributed by atoms with van der Waals surface area (Å²) in [6, 6.07) is 5.95. The van der Waals surface area contributed by atoms with Crippen molar-refractivity contribution in [1.29, 1.82) is 0 Å². The number of carbonyl (C=O) groups is 2. The van der Waals surface area contributed by atoms with Crippen molar-refractivity contribution in [2.24, 2.45) is 0 Å². The van der Waals surface area contributed by atoms with Crippen LogP contribution in [0.15, 0.2) is 30.5 Å². The summed E-state index contributed by atoms with van der Waals surface area (Å²) in [6.07, 6.45) is 3.18. The molecule has 1 aromatic carbocycles. The number of hydrogen-bond donors (Lipinski definition) is 3. The van der Waals surface area contributed by atoms with Gasteiger partial charge in [-0.3, -0.25) is 14.9 Å². The van der Waals surface area contributed by atoms with Crippen molar-refractivity contribution < 1.29 is 19.6 Å². The Morgan fingerprint density at radius 2 is 2.07 bits per heavy atom. The molecule has 3 N–H and O–H groups in total. The predicted octanol–water partition coefficient (Wildman–Crippen LogP) is 2.25. The molecule has 152 valence electrons. The Morgan fingerprint density at radius 3 is 2.69 bits per heavy atom.